The summed E-state index contributed by atoms with van der Waals surface area (Å²) in [6.07, 6.45) is 5.95. The van der Waals surface area contributed by atoms with E-state index in [1.54, 1.807) is 6.07 Å². The standard InChI is InChI=1S/C22H30FN3O2.ClH/c1-16-18-14-17(23)6-7-19(18)28-20(16)21(27)24-15-22(8-4-3-5-9-22)26-12-10-25(2)11-13-26;/h6-7,14H,3-5,8-13,15H2,1-2H3,(H,24,27);1H. The Morgan fingerprint density at radius 2 is 1.86 bits per heavy atom. The number of halogens is 2. The average Bonchev–Trinajstić information content (AvgIpc) is 3.03. The summed E-state index contributed by atoms with van der Waals surface area (Å²) in [5, 5.41) is 3.82. The van der Waals surface area contributed by atoms with Crippen LogP contribution in [0.15, 0.2) is 22.6 Å². The number of fused-ring (bicyclic) bond motifs is 1. The molecule has 1 saturated heterocycles. The summed E-state index contributed by atoms with van der Waals surface area (Å²) in [5.74, 6) is -0.224. The first-order valence-electron chi connectivity index (χ1n) is 10.4. The first-order valence-corrected chi connectivity index (χ1v) is 10.4. The lowest BCUT2D eigenvalue weighted by molar-refractivity contribution is 0.0136. The van der Waals surface area contributed by atoms with Crippen LogP contribution in [0.3, 0.4) is 0 Å². The van der Waals surface area contributed by atoms with Gasteiger partial charge in [-0.15, -0.1) is 12.4 Å². The van der Waals surface area contributed by atoms with Crippen molar-refractivity contribution in [1.82, 2.24) is 15.1 Å². The first kappa shape index (κ1) is 22.1. The van der Waals surface area contributed by atoms with Crippen LogP contribution in [0.25, 0.3) is 11.0 Å². The summed E-state index contributed by atoms with van der Waals surface area (Å²) < 4.78 is 19.3. The minimum Gasteiger partial charge on any atom is -0.451 e. The minimum absolute atomic E-state index is 0. The normalized spacial score (nSPS) is 20.4. The maximum atomic E-state index is 13.6. The molecule has 0 bridgehead atoms. The molecular weight excluding hydrogens is 393 g/mol. The van der Waals surface area contributed by atoms with Gasteiger partial charge in [-0.25, -0.2) is 4.39 Å². The maximum Gasteiger partial charge on any atom is 0.287 e. The van der Waals surface area contributed by atoms with E-state index in [0.717, 1.165) is 39.0 Å². The van der Waals surface area contributed by atoms with Crippen LogP contribution in [0.5, 0.6) is 0 Å². The number of hydrogen-bond acceptors (Lipinski definition) is 4. The van der Waals surface area contributed by atoms with Gasteiger partial charge in [-0.05, 0) is 45.0 Å². The van der Waals surface area contributed by atoms with E-state index < -0.39 is 0 Å². The number of nitrogens with one attached hydrogen (secondary N) is 1. The lowest BCUT2D eigenvalue weighted by Gasteiger charge is -2.49. The molecule has 1 aromatic carbocycles. The highest BCUT2D eigenvalue weighted by molar-refractivity contribution is 5.98. The van der Waals surface area contributed by atoms with Crippen LogP contribution in [0.1, 0.15) is 48.2 Å². The Morgan fingerprint density at radius 3 is 2.55 bits per heavy atom. The van der Waals surface area contributed by atoms with Crippen molar-refractivity contribution in [2.75, 3.05) is 39.8 Å². The third kappa shape index (κ3) is 4.44. The van der Waals surface area contributed by atoms with Gasteiger partial charge in [0.15, 0.2) is 5.76 Å². The van der Waals surface area contributed by atoms with Gasteiger partial charge in [0.2, 0.25) is 0 Å². The molecule has 1 amide bonds. The summed E-state index contributed by atoms with van der Waals surface area (Å²) in [5.41, 5.74) is 1.29. The highest BCUT2D eigenvalue weighted by atomic mass is 35.5. The number of furan rings is 1. The molecule has 160 valence electrons. The highest BCUT2D eigenvalue weighted by Crippen LogP contribution is 2.34. The number of amides is 1. The monoisotopic (exact) mass is 423 g/mol. The number of likely N-dealkylation sites (N-methyl/N-ethyl adjacent to an activating group) is 1. The Bertz CT molecular complexity index is 855. The predicted molar refractivity (Wildman–Crippen MR) is 115 cm³/mol. The Kier molecular flexibility index (Phi) is 6.87. The van der Waals surface area contributed by atoms with E-state index in [1.807, 2.05) is 6.92 Å². The predicted octanol–water partition coefficient (Wildman–Crippen LogP) is 3.98. The van der Waals surface area contributed by atoms with Gasteiger partial charge in [0, 0.05) is 49.2 Å². The molecule has 1 N–H and O–H groups in total. The number of hydrogen-bond donors (Lipinski definition) is 1. The number of aryl methyl sites for hydroxylation is 1. The SMILES string of the molecule is Cc1c(C(=O)NCC2(N3CCN(C)CC3)CCCCC2)oc2ccc(F)cc12.Cl. The van der Waals surface area contributed by atoms with E-state index in [1.165, 1.54) is 31.4 Å². The molecule has 1 aliphatic carbocycles. The molecule has 29 heavy (non-hydrogen) atoms. The van der Waals surface area contributed by atoms with Crippen molar-refractivity contribution in [3.05, 3.63) is 35.3 Å². The molecule has 2 aromatic rings. The summed E-state index contributed by atoms with van der Waals surface area (Å²) in [4.78, 5) is 17.9. The Balaban J connectivity index is 0.00000240. The van der Waals surface area contributed by atoms with Crippen LogP contribution in [0.2, 0.25) is 0 Å². The first-order chi connectivity index (χ1) is 13.5. The van der Waals surface area contributed by atoms with Crippen LogP contribution >= 0.6 is 12.4 Å². The van der Waals surface area contributed by atoms with Gasteiger partial charge in [0.1, 0.15) is 11.4 Å². The highest BCUT2D eigenvalue weighted by Gasteiger charge is 2.39. The Morgan fingerprint density at radius 1 is 1.17 bits per heavy atom. The van der Waals surface area contributed by atoms with E-state index in [9.17, 15) is 9.18 Å². The van der Waals surface area contributed by atoms with Crippen molar-refractivity contribution < 1.29 is 13.6 Å². The second-order valence-electron chi connectivity index (χ2n) is 8.45. The third-order valence-electron chi connectivity index (χ3n) is 6.64. The minimum atomic E-state index is -0.320. The number of piperazine rings is 1. The molecule has 2 aliphatic rings. The van der Waals surface area contributed by atoms with Gasteiger partial charge in [0.25, 0.3) is 5.91 Å². The number of carbonyl (C=O) groups is 1. The molecular formula is C22H31ClFN3O2. The van der Waals surface area contributed by atoms with Gasteiger partial charge in [-0.3, -0.25) is 9.69 Å². The number of rotatable bonds is 4. The van der Waals surface area contributed by atoms with E-state index in [4.69, 9.17) is 4.42 Å². The van der Waals surface area contributed by atoms with Crippen molar-refractivity contribution in [2.24, 2.45) is 0 Å². The fourth-order valence-corrected chi connectivity index (χ4v) is 4.83. The zero-order valence-electron chi connectivity index (χ0n) is 17.3. The molecule has 1 aromatic heterocycles. The molecule has 4 rings (SSSR count). The van der Waals surface area contributed by atoms with E-state index in [0.29, 0.717) is 28.8 Å². The van der Waals surface area contributed by atoms with Gasteiger partial charge >= 0.3 is 0 Å². The molecule has 0 atom stereocenters. The topological polar surface area (TPSA) is 48.7 Å². The third-order valence-corrected chi connectivity index (χ3v) is 6.64. The van der Waals surface area contributed by atoms with Crippen LogP contribution < -0.4 is 5.32 Å². The smallest absolute Gasteiger partial charge is 0.287 e. The molecule has 7 heteroatoms. The van der Waals surface area contributed by atoms with Crippen LogP contribution in [-0.4, -0.2) is 61.0 Å². The lowest BCUT2D eigenvalue weighted by atomic mass is 9.79. The zero-order chi connectivity index (χ0) is 19.7. The van der Waals surface area contributed by atoms with Crippen molar-refractivity contribution in [1.29, 1.82) is 0 Å². The second kappa shape index (κ2) is 9.02. The molecule has 0 spiro atoms. The molecule has 2 heterocycles. The van der Waals surface area contributed by atoms with Crippen LogP contribution in [-0.2, 0) is 0 Å². The average molecular weight is 424 g/mol. The van der Waals surface area contributed by atoms with Gasteiger partial charge in [0.05, 0.1) is 0 Å². The molecule has 2 fully saturated rings. The van der Waals surface area contributed by atoms with Crippen LogP contribution in [0.4, 0.5) is 4.39 Å². The van der Waals surface area contributed by atoms with Crippen molar-refractivity contribution in [3.63, 3.8) is 0 Å². The van der Waals surface area contributed by atoms with Crippen LogP contribution in [0, 0.1) is 12.7 Å². The fourth-order valence-electron chi connectivity index (χ4n) is 4.83. The Labute approximate surface area is 178 Å². The second-order valence-corrected chi connectivity index (χ2v) is 8.45. The molecule has 5 nitrogen and oxygen atoms in total. The molecule has 1 aliphatic heterocycles. The van der Waals surface area contributed by atoms with E-state index >= 15 is 0 Å². The quantitative estimate of drug-likeness (QED) is 0.808. The van der Waals surface area contributed by atoms with Gasteiger partial charge in [-0.1, -0.05) is 19.3 Å². The number of carbonyl (C=O) groups excluding carboxylic acids is 1. The van der Waals surface area contributed by atoms with Gasteiger partial charge in [-0.2, -0.15) is 0 Å². The molecule has 0 unspecified atom stereocenters. The van der Waals surface area contributed by atoms with E-state index in [-0.39, 0.29) is 29.7 Å². The fraction of sp³-hybridized carbons (Fsp3) is 0.591. The summed E-state index contributed by atoms with van der Waals surface area (Å²) >= 11 is 0. The van der Waals surface area contributed by atoms with Crippen molar-refractivity contribution >= 4 is 29.3 Å². The zero-order valence-corrected chi connectivity index (χ0v) is 18.1. The summed E-state index contributed by atoms with van der Waals surface area (Å²) in [6, 6.07) is 4.37. The Hall–Kier alpha value is -1.63. The van der Waals surface area contributed by atoms with Crippen molar-refractivity contribution in [2.45, 2.75) is 44.6 Å². The molecule has 1 saturated carbocycles. The summed E-state index contributed by atoms with van der Waals surface area (Å²) in [6.45, 7) is 6.70. The number of nitrogens with zero attached hydrogens (tertiary/aromatic N) is 2. The van der Waals surface area contributed by atoms with Crippen molar-refractivity contribution in [3.8, 4) is 0 Å². The van der Waals surface area contributed by atoms with Gasteiger partial charge < -0.3 is 14.6 Å². The number of benzene rings is 1. The maximum absolute atomic E-state index is 13.6. The van der Waals surface area contributed by atoms with E-state index in [2.05, 4.69) is 22.2 Å². The lowest BCUT2D eigenvalue weighted by Crippen LogP contribution is -2.61. The summed E-state index contributed by atoms with van der Waals surface area (Å²) in [7, 11) is 2.17. The molecule has 0 radical (unpaired) electrons. The largest absolute Gasteiger partial charge is 0.451 e.